The smallest absolute Gasteiger partial charge is 0.308 e. The molecular weight excluding hydrogens is 456 g/mol. The highest BCUT2D eigenvalue weighted by Gasteiger charge is 2.57. The second kappa shape index (κ2) is 10.7. The van der Waals surface area contributed by atoms with E-state index in [1.54, 1.807) is 30.3 Å². The predicted octanol–water partition coefficient (Wildman–Crippen LogP) is 3.56. The van der Waals surface area contributed by atoms with Gasteiger partial charge in [-0.15, -0.1) is 6.58 Å². The normalized spacial score (nSPS) is 26.2. The molecular formula is C29H34N2O5. The van der Waals surface area contributed by atoms with Crippen molar-refractivity contribution in [1.82, 2.24) is 10.2 Å². The highest BCUT2D eigenvalue weighted by atomic mass is 16.5. The molecule has 0 spiro atoms. The van der Waals surface area contributed by atoms with Gasteiger partial charge in [0, 0.05) is 37.5 Å². The van der Waals surface area contributed by atoms with Crippen LogP contribution < -0.4 is 10.1 Å². The van der Waals surface area contributed by atoms with Gasteiger partial charge in [-0.05, 0) is 73.7 Å². The lowest BCUT2D eigenvalue weighted by Crippen LogP contribution is -2.67. The molecule has 7 nitrogen and oxygen atoms in total. The molecule has 1 saturated carbocycles. The highest BCUT2D eigenvalue weighted by Crippen LogP contribution is 2.52. The molecule has 0 unspecified atom stereocenters. The maximum absolute atomic E-state index is 12.8. The summed E-state index contributed by atoms with van der Waals surface area (Å²) in [5.41, 5.74) is 0.0426. The number of hydrogen-bond donors (Lipinski definition) is 3. The predicted molar refractivity (Wildman–Crippen MR) is 139 cm³/mol. The van der Waals surface area contributed by atoms with E-state index < -0.39 is 17.0 Å². The summed E-state index contributed by atoms with van der Waals surface area (Å²) in [6.45, 7) is 7.20. The monoisotopic (exact) mass is 490 g/mol. The van der Waals surface area contributed by atoms with Gasteiger partial charge >= 0.3 is 5.97 Å². The number of piperidine rings is 1. The number of benzene rings is 2. The molecule has 190 valence electrons. The van der Waals surface area contributed by atoms with E-state index in [9.17, 15) is 19.8 Å². The first-order valence-corrected chi connectivity index (χ1v) is 12.4. The van der Waals surface area contributed by atoms with Crippen LogP contribution in [0.1, 0.15) is 43.7 Å². The quantitative estimate of drug-likeness (QED) is 0.238. The summed E-state index contributed by atoms with van der Waals surface area (Å²) in [4.78, 5) is 26.5. The number of aliphatic hydroxyl groups is 1. The standard InChI is InChI=1S/C29H34N2O5/c1-3-15-31-16-14-28(23-7-5-9-26(18-23)36-21(2)32)19-24(12-13-29(28,35)20-31)30-27(34)11-10-22-6-4-8-25(33)17-22/h3-11,17-18,24,33,35H,1,12-16,19-20H2,2H3,(H,30,34)/t24-,28-,29-/m0/s1. The largest absolute Gasteiger partial charge is 0.508 e. The van der Waals surface area contributed by atoms with Crippen LogP contribution in [-0.2, 0) is 15.0 Å². The number of phenolic OH excluding ortho intramolecular Hbond substituents is 1. The Morgan fingerprint density at radius 3 is 2.78 bits per heavy atom. The zero-order valence-electron chi connectivity index (χ0n) is 20.7. The zero-order valence-corrected chi connectivity index (χ0v) is 20.7. The first kappa shape index (κ1) is 25.7. The third-order valence-electron chi connectivity index (χ3n) is 7.41. The summed E-state index contributed by atoms with van der Waals surface area (Å²) in [5.74, 6) is -0.0231. The number of aromatic hydroxyl groups is 1. The molecule has 7 heteroatoms. The van der Waals surface area contributed by atoms with Gasteiger partial charge < -0.3 is 20.3 Å². The van der Waals surface area contributed by atoms with Gasteiger partial charge in [0.25, 0.3) is 0 Å². The number of carbonyl (C=O) groups is 2. The van der Waals surface area contributed by atoms with Gasteiger partial charge in [-0.1, -0.05) is 30.3 Å². The first-order valence-electron chi connectivity index (χ1n) is 12.4. The lowest BCUT2D eigenvalue weighted by atomic mass is 9.55. The van der Waals surface area contributed by atoms with Crippen molar-refractivity contribution in [2.75, 3.05) is 19.6 Å². The number of nitrogens with zero attached hydrogens (tertiary/aromatic N) is 1. The number of fused-ring (bicyclic) bond motifs is 1. The Hall–Kier alpha value is -3.42. The SMILES string of the molecule is C=CCN1CC[C@@]2(c3cccc(OC(C)=O)c3)C[C@@H](NC(=O)C=Cc3cccc(O)c3)CC[C@]2(O)C1. The number of likely N-dealkylation sites (tertiary alicyclic amines) is 1. The van der Waals surface area contributed by atoms with Crippen LogP contribution in [-0.4, -0.2) is 58.3 Å². The molecule has 2 aromatic rings. The molecule has 4 rings (SSSR count). The van der Waals surface area contributed by atoms with Crippen LogP contribution in [0.25, 0.3) is 6.08 Å². The lowest BCUT2D eigenvalue weighted by molar-refractivity contribution is -0.132. The van der Waals surface area contributed by atoms with Crippen molar-refractivity contribution in [3.05, 3.63) is 78.4 Å². The Labute approximate surface area is 212 Å². The Kier molecular flexibility index (Phi) is 7.62. The molecule has 1 heterocycles. The molecule has 2 fully saturated rings. The average Bonchev–Trinajstić information content (AvgIpc) is 2.83. The maximum Gasteiger partial charge on any atom is 0.308 e. The Morgan fingerprint density at radius 1 is 1.22 bits per heavy atom. The van der Waals surface area contributed by atoms with Gasteiger partial charge in [-0.3, -0.25) is 14.5 Å². The fourth-order valence-electron chi connectivity index (χ4n) is 5.79. The fourth-order valence-corrected chi connectivity index (χ4v) is 5.79. The molecule has 1 aliphatic heterocycles. The minimum Gasteiger partial charge on any atom is -0.508 e. The Morgan fingerprint density at radius 2 is 2.03 bits per heavy atom. The summed E-state index contributed by atoms with van der Waals surface area (Å²) in [5, 5.41) is 24.8. The van der Waals surface area contributed by atoms with Crippen LogP contribution in [0.4, 0.5) is 0 Å². The molecule has 0 radical (unpaired) electrons. The van der Waals surface area contributed by atoms with Crippen LogP contribution >= 0.6 is 0 Å². The van der Waals surface area contributed by atoms with E-state index >= 15 is 0 Å². The van der Waals surface area contributed by atoms with E-state index in [4.69, 9.17) is 4.74 Å². The number of amides is 1. The van der Waals surface area contributed by atoms with Gasteiger partial charge in [-0.2, -0.15) is 0 Å². The molecule has 1 aliphatic carbocycles. The molecule has 2 aromatic carbocycles. The van der Waals surface area contributed by atoms with Crippen molar-refractivity contribution >= 4 is 18.0 Å². The van der Waals surface area contributed by atoms with E-state index in [0.29, 0.717) is 44.5 Å². The van der Waals surface area contributed by atoms with E-state index in [0.717, 1.165) is 17.7 Å². The molecule has 0 bridgehead atoms. The van der Waals surface area contributed by atoms with E-state index in [1.165, 1.54) is 13.0 Å². The van der Waals surface area contributed by atoms with Gasteiger partial charge in [0.1, 0.15) is 11.5 Å². The van der Waals surface area contributed by atoms with Crippen LogP contribution in [0.5, 0.6) is 11.5 Å². The van der Waals surface area contributed by atoms with Crippen molar-refractivity contribution in [3.63, 3.8) is 0 Å². The number of β-amino-alcohol motifs (C(OH)–C–C–N with tert-alkyl or cyclic N) is 1. The van der Waals surface area contributed by atoms with Crippen LogP contribution in [0.2, 0.25) is 0 Å². The summed E-state index contributed by atoms with van der Waals surface area (Å²) >= 11 is 0. The molecule has 36 heavy (non-hydrogen) atoms. The van der Waals surface area contributed by atoms with Crippen molar-refractivity contribution in [2.24, 2.45) is 0 Å². The number of carbonyl (C=O) groups excluding carboxylic acids is 2. The number of ether oxygens (including phenoxy) is 1. The Balaban J connectivity index is 1.58. The van der Waals surface area contributed by atoms with Gasteiger partial charge in [0.15, 0.2) is 0 Å². The third kappa shape index (κ3) is 5.53. The first-order chi connectivity index (χ1) is 17.2. The van der Waals surface area contributed by atoms with E-state index in [1.807, 2.05) is 30.3 Å². The number of esters is 1. The van der Waals surface area contributed by atoms with Crippen molar-refractivity contribution in [3.8, 4) is 11.5 Å². The summed E-state index contributed by atoms with van der Waals surface area (Å²) in [6.07, 6.45) is 7.43. The molecule has 3 atom stereocenters. The molecule has 1 amide bonds. The van der Waals surface area contributed by atoms with Gasteiger partial charge in [0.05, 0.1) is 5.60 Å². The zero-order chi connectivity index (χ0) is 25.8. The molecule has 1 saturated heterocycles. The number of rotatable bonds is 7. The number of hydrogen-bond acceptors (Lipinski definition) is 6. The number of nitrogens with one attached hydrogen (secondary N) is 1. The topological polar surface area (TPSA) is 99.1 Å². The molecule has 3 N–H and O–H groups in total. The minimum absolute atomic E-state index is 0.130. The van der Waals surface area contributed by atoms with Crippen LogP contribution in [0.15, 0.2) is 67.3 Å². The summed E-state index contributed by atoms with van der Waals surface area (Å²) in [6, 6.07) is 14.0. The van der Waals surface area contributed by atoms with E-state index in [-0.39, 0.29) is 17.7 Å². The van der Waals surface area contributed by atoms with Crippen molar-refractivity contribution < 1.29 is 24.5 Å². The van der Waals surface area contributed by atoms with Gasteiger partial charge in [-0.25, -0.2) is 0 Å². The van der Waals surface area contributed by atoms with Crippen LogP contribution in [0, 0.1) is 0 Å². The average molecular weight is 491 g/mol. The summed E-state index contributed by atoms with van der Waals surface area (Å²) < 4.78 is 5.35. The fraction of sp³-hybridized carbons (Fsp3) is 0.379. The Bertz CT molecular complexity index is 1160. The summed E-state index contributed by atoms with van der Waals surface area (Å²) in [7, 11) is 0. The van der Waals surface area contributed by atoms with E-state index in [2.05, 4.69) is 16.8 Å². The molecule has 2 aliphatic rings. The van der Waals surface area contributed by atoms with Crippen molar-refractivity contribution in [1.29, 1.82) is 0 Å². The molecule has 0 aromatic heterocycles. The second-order valence-corrected chi connectivity index (χ2v) is 9.89. The lowest BCUT2D eigenvalue weighted by Gasteiger charge is -2.58. The number of phenols is 1. The maximum atomic E-state index is 12.8. The highest BCUT2D eigenvalue weighted by molar-refractivity contribution is 5.92. The minimum atomic E-state index is -0.998. The second-order valence-electron chi connectivity index (χ2n) is 9.89. The van der Waals surface area contributed by atoms with Crippen molar-refractivity contribution in [2.45, 2.75) is 49.7 Å². The van der Waals surface area contributed by atoms with Gasteiger partial charge in [0.2, 0.25) is 5.91 Å². The third-order valence-corrected chi connectivity index (χ3v) is 7.41. The van der Waals surface area contributed by atoms with Crippen LogP contribution in [0.3, 0.4) is 0 Å².